The van der Waals surface area contributed by atoms with Gasteiger partial charge in [0.15, 0.2) is 0 Å². The zero-order valence-electron chi connectivity index (χ0n) is 10.7. The predicted molar refractivity (Wildman–Crippen MR) is 71.8 cm³/mol. The second-order valence-electron chi connectivity index (χ2n) is 4.67. The third-order valence-corrected chi connectivity index (χ3v) is 3.16. The zero-order chi connectivity index (χ0) is 13.5. The van der Waals surface area contributed by atoms with E-state index in [4.69, 9.17) is 4.74 Å². The van der Waals surface area contributed by atoms with Crippen LogP contribution in [0.2, 0.25) is 0 Å². The topological polar surface area (TPSA) is 67.4 Å². The van der Waals surface area contributed by atoms with E-state index < -0.39 is 0 Å². The molecule has 19 heavy (non-hydrogen) atoms. The summed E-state index contributed by atoms with van der Waals surface area (Å²) in [6.45, 7) is 2.22. The van der Waals surface area contributed by atoms with E-state index in [2.05, 4.69) is 10.6 Å². The Hall–Kier alpha value is -1.88. The highest BCUT2D eigenvalue weighted by atomic mass is 16.5. The van der Waals surface area contributed by atoms with Crippen molar-refractivity contribution < 1.29 is 14.3 Å². The Bertz CT molecular complexity index is 425. The molecule has 2 amide bonds. The van der Waals surface area contributed by atoms with Crippen LogP contribution in [0.4, 0.5) is 5.69 Å². The molecule has 1 heterocycles. The fraction of sp³-hybridized carbons (Fsp3) is 0.429. The van der Waals surface area contributed by atoms with Crippen molar-refractivity contribution in [3.05, 3.63) is 29.8 Å². The molecule has 2 N–H and O–H groups in total. The van der Waals surface area contributed by atoms with Crippen molar-refractivity contribution in [1.82, 2.24) is 5.32 Å². The minimum Gasteiger partial charge on any atom is -0.381 e. The van der Waals surface area contributed by atoms with Gasteiger partial charge in [0.2, 0.25) is 12.3 Å². The molecule has 0 aromatic heterocycles. The molecule has 0 spiro atoms. The fourth-order valence-corrected chi connectivity index (χ4v) is 2.04. The molecule has 0 radical (unpaired) electrons. The summed E-state index contributed by atoms with van der Waals surface area (Å²) in [4.78, 5) is 22.0. The number of amides is 2. The predicted octanol–water partition coefficient (Wildman–Crippen LogP) is 0.950. The molecular formula is C14H18N2O3. The van der Waals surface area contributed by atoms with Gasteiger partial charge in [-0.1, -0.05) is 12.1 Å². The van der Waals surface area contributed by atoms with E-state index in [1.54, 1.807) is 12.1 Å². The van der Waals surface area contributed by atoms with Gasteiger partial charge in [-0.3, -0.25) is 9.59 Å². The van der Waals surface area contributed by atoms with Gasteiger partial charge in [-0.2, -0.15) is 0 Å². The van der Waals surface area contributed by atoms with E-state index in [9.17, 15) is 9.59 Å². The van der Waals surface area contributed by atoms with Crippen LogP contribution >= 0.6 is 0 Å². The van der Waals surface area contributed by atoms with Crippen molar-refractivity contribution in [1.29, 1.82) is 0 Å². The highest BCUT2D eigenvalue weighted by molar-refractivity contribution is 5.79. The third-order valence-electron chi connectivity index (χ3n) is 3.16. The van der Waals surface area contributed by atoms with Crippen molar-refractivity contribution in [2.75, 3.05) is 25.1 Å². The van der Waals surface area contributed by atoms with Crippen LogP contribution in [-0.2, 0) is 20.7 Å². The molecule has 102 valence electrons. The average molecular weight is 262 g/mol. The number of ether oxygens (including phenoxy) is 1. The summed E-state index contributed by atoms with van der Waals surface area (Å²) in [5.41, 5.74) is 1.65. The Labute approximate surface area is 112 Å². The number of carbonyl (C=O) groups excluding carboxylic acids is 2. The highest BCUT2D eigenvalue weighted by Crippen LogP contribution is 2.11. The third kappa shape index (κ3) is 4.37. The number of hydrogen-bond donors (Lipinski definition) is 2. The number of anilines is 1. The molecule has 1 saturated heterocycles. The summed E-state index contributed by atoms with van der Waals surface area (Å²) in [6, 6.07) is 7.23. The van der Waals surface area contributed by atoms with Crippen LogP contribution in [-0.4, -0.2) is 32.1 Å². The van der Waals surface area contributed by atoms with Crippen LogP contribution in [0.5, 0.6) is 0 Å². The number of rotatable bonds is 6. The van der Waals surface area contributed by atoms with E-state index in [0.29, 0.717) is 25.3 Å². The van der Waals surface area contributed by atoms with Gasteiger partial charge in [-0.25, -0.2) is 0 Å². The van der Waals surface area contributed by atoms with E-state index >= 15 is 0 Å². The lowest BCUT2D eigenvalue weighted by molar-refractivity contribution is -0.120. The maximum atomic E-state index is 11.8. The minimum absolute atomic E-state index is 0.0167. The van der Waals surface area contributed by atoms with E-state index in [1.807, 2.05) is 12.1 Å². The molecule has 5 nitrogen and oxygen atoms in total. The zero-order valence-corrected chi connectivity index (χ0v) is 10.7. The summed E-state index contributed by atoms with van der Waals surface area (Å²) >= 11 is 0. The molecule has 1 aliphatic rings. The van der Waals surface area contributed by atoms with Gasteiger partial charge in [0.25, 0.3) is 0 Å². The monoisotopic (exact) mass is 262 g/mol. The minimum atomic E-state index is 0.0167. The lowest BCUT2D eigenvalue weighted by Crippen LogP contribution is -2.30. The van der Waals surface area contributed by atoms with Gasteiger partial charge in [-0.05, 0) is 24.1 Å². The summed E-state index contributed by atoms with van der Waals surface area (Å²) < 4.78 is 5.26. The van der Waals surface area contributed by atoms with Crippen LogP contribution in [0.3, 0.4) is 0 Å². The van der Waals surface area contributed by atoms with Crippen LogP contribution < -0.4 is 10.6 Å². The Kier molecular flexibility index (Phi) is 4.92. The van der Waals surface area contributed by atoms with Crippen LogP contribution in [0.15, 0.2) is 24.3 Å². The molecule has 1 atom stereocenters. The maximum absolute atomic E-state index is 11.8. The summed E-state index contributed by atoms with van der Waals surface area (Å²) in [7, 11) is 0. The molecule has 1 unspecified atom stereocenters. The van der Waals surface area contributed by atoms with Crippen molar-refractivity contribution in [2.45, 2.75) is 12.8 Å². The van der Waals surface area contributed by atoms with Crippen LogP contribution in [0.1, 0.15) is 12.0 Å². The first-order chi connectivity index (χ1) is 9.28. The first-order valence-electron chi connectivity index (χ1n) is 6.41. The Balaban J connectivity index is 1.76. The van der Waals surface area contributed by atoms with Crippen LogP contribution in [0, 0.1) is 5.92 Å². The van der Waals surface area contributed by atoms with Crippen molar-refractivity contribution >= 4 is 18.0 Å². The van der Waals surface area contributed by atoms with Crippen molar-refractivity contribution in [3.63, 3.8) is 0 Å². The Morgan fingerprint density at radius 3 is 2.79 bits per heavy atom. The number of benzene rings is 1. The quantitative estimate of drug-likeness (QED) is 0.750. The largest absolute Gasteiger partial charge is 0.381 e. The Morgan fingerprint density at radius 2 is 2.16 bits per heavy atom. The summed E-state index contributed by atoms with van der Waals surface area (Å²) in [5, 5.41) is 5.48. The Morgan fingerprint density at radius 1 is 1.37 bits per heavy atom. The molecule has 0 saturated carbocycles. The van der Waals surface area contributed by atoms with Crippen molar-refractivity contribution in [2.24, 2.45) is 5.92 Å². The smallest absolute Gasteiger partial charge is 0.224 e. The van der Waals surface area contributed by atoms with E-state index in [-0.39, 0.29) is 5.91 Å². The lowest BCUT2D eigenvalue weighted by Gasteiger charge is -2.09. The molecular weight excluding hydrogens is 244 g/mol. The number of carbonyl (C=O) groups is 2. The van der Waals surface area contributed by atoms with Gasteiger partial charge < -0.3 is 15.4 Å². The first kappa shape index (κ1) is 13.5. The standard InChI is InChI=1S/C14H18N2O3/c17-10-16-13-3-1-11(2-4-13)7-14(18)15-8-12-5-6-19-9-12/h1-4,10,12H,5-9H2,(H,15,18)(H,16,17). The maximum Gasteiger partial charge on any atom is 0.224 e. The SMILES string of the molecule is O=CNc1ccc(CC(=O)NCC2CCOC2)cc1. The molecule has 5 heteroatoms. The second kappa shape index (κ2) is 6.89. The van der Waals surface area contributed by atoms with Gasteiger partial charge in [0.1, 0.15) is 0 Å². The first-order valence-corrected chi connectivity index (χ1v) is 6.41. The molecule has 1 aromatic carbocycles. The second-order valence-corrected chi connectivity index (χ2v) is 4.67. The summed E-state index contributed by atoms with van der Waals surface area (Å²) in [5.74, 6) is 0.464. The molecule has 1 aliphatic heterocycles. The lowest BCUT2D eigenvalue weighted by atomic mass is 10.1. The molecule has 1 fully saturated rings. The van der Waals surface area contributed by atoms with Gasteiger partial charge >= 0.3 is 0 Å². The van der Waals surface area contributed by atoms with Gasteiger partial charge in [0, 0.05) is 24.8 Å². The molecule has 0 aliphatic carbocycles. The highest BCUT2D eigenvalue weighted by Gasteiger charge is 2.16. The normalized spacial score (nSPS) is 18.0. The van der Waals surface area contributed by atoms with Gasteiger partial charge in [0.05, 0.1) is 13.0 Å². The molecule has 1 aromatic rings. The molecule has 2 rings (SSSR count). The van der Waals surface area contributed by atoms with E-state index in [0.717, 1.165) is 30.9 Å². The molecule has 0 bridgehead atoms. The summed E-state index contributed by atoms with van der Waals surface area (Å²) in [6.07, 6.45) is 2.01. The fourth-order valence-electron chi connectivity index (χ4n) is 2.04. The average Bonchev–Trinajstić information content (AvgIpc) is 2.92. The van der Waals surface area contributed by atoms with Crippen molar-refractivity contribution in [3.8, 4) is 0 Å². The van der Waals surface area contributed by atoms with Crippen LogP contribution in [0.25, 0.3) is 0 Å². The number of hydrogen-bond acceptors (Lipinski definition) is 3. The number of nitrogens with one attached hydrogen (secondary N) is 2. The van der Waals surface area contributed by atoms with Gasteiger partial charge in [-0.15, -0.1) is 0 Å². The van der Waals surface area contributed by atoms with E-state index in [1.165, 1.54) is 0 Å².